The first-order valence-electron chi connectivity index (χ1n) is 3.62. The van der Waals surface area contributed by atoms with Crippen LogP contribution in [0.3, 0.4) is 0 Å². The minimum Gasteiger partial charge on any atom is -0.378 e. The second kappa shape index (κ2) is 3.78. The predicted octanol–water partition coefficient (Wildman–Crippen LogP) is 2.51. The summed E-state index contributed by atoms with van der Waals surface area (Å²) in [5.41, 5.74) is -1.15. The highest BCUT2D eigenvalue weighted by Gasteiger charge is 2.27. The summed E-state index contributed by atoms with van der Waals surface area (Å²) in [6, 6.07) is 5.08. The van der Waals surface area contributed by atoms with Crippen molar-refractivity contribution >= 4 is 33.8 Å². The van der Waals surface area contributed by atoms with Crippen molar-refractivity contribution < 1.29 is 9.90 Å². The molecule has 1 aromatic carbocycles. The van der Waals surface area contributed by atoms with Gasteiger partial charge in [-0.15, -0.1) is 0 Å². The summed E-state index contributed by atoms with van der Waals surface area (Å²) in [5.74, 6) is 0. The monoisotopic (exact) mass is 262 g/mol. The fourth-order valence-corrected chi connectivity index (χ4v) is 2.29. The van der Waals surface area contributed by atoms with Crippen molar-refractivity contribution in [2.45, 2.75) is 12.5 Å². The van der Waals surface area contributed by atoms with Gasteiger partial charge in [0.05, 0.1) is 0 Å². The van der Waals surface area contributed by atoms with Crippen LogP contribution < -0.4 is 0 Å². The Hall–Kier alpha value is -0.380. The van der Waals surface area contributed by atoms with E-state index in [2.05, 4.69) is 15.9 Å². The molecule has 1 aromatic rings. The van der Waals surface area contributed by atoms with Crippen LogP contribution in [0.25, 0.3) is 0 Å². The van der Waals surface area contributed by atoms with Crippen LogP contribution in [-0.2, 0) is 10.4 Å². The Morgan fingerprint density at radius 2 is 2.23 bits per heavy atom. The summed E-state index contributed by atoms with van der Waals surface area (Å²) in [4.78, 5) is 10.6. The van der Waals surface area contributed by atoms with E-state index in [0.717, 1.165) is 0 Å². The molecule has 0 radical (unpaired) electrons. The van der Waals surface area contributed by atoms with Crippen molar-refractivity contribution in [3.63, 3.8) is 0 Å². The van der Waals surface area contributed by atoms with Gasteiger partial charge in [-0.3, -0.25) is 4.79 Å². The zero-order chi connectivity index (χ0) is 10.1. The molecule has 1 N–H and O–H groups in total. The van der Waals surface area contributed by atoms with Gasteiger partial charge < -0.3 is 5.11 Å². The van der Waals surface area contributed by atoms with Gasteiger partial charge in [-0.2, -0.15) is 0 Å². The van der Waals surface area contributed by atoms with Crippen molar-refractivity contribution in [3.05, 3.63) is 33.3 Å². The third kappa shape index (κ3) is 2.10. The molecule has 0 heterocycles. The predicted molar refractivity (Wildman–Crippen MR) is 54.8 cm³/mol. The third-order valence-corrected chi connectivity index (χ3v) is 2.67. The number of benzene rings is 1. The van der Waals surface area contributed by atoms with Crippen molar-refractivity contribution in [3.8, 4) is 0 Å². The van der Waals surface area contributed by atoms with E-state index in [4.69, 9.17) is 11.6 Å². The second-order valence-corrected chi connectivity index (χ2v) is 4.12. The number of hydrogen-bond acceptors (Lipinski definition) is 2. The molecule has 1 rings (SSSR count). The Morgan fingerprint density at radius 3 is 2.69 bits per heavy atom. The number of carbonyl (C=O) groups is 1. The van der Waals surface area contributed by atoms with Crippen LogP contribution >= 0.6 is 27.5 Å². The first-order valence-corrected chi connectivity index (χ1v) is 4.79. The van der Waals surface area contributed by atoms with Crippen LogP contribution in [0.1, 0.15) is 12.5 Å². The van der Waals surface area contributed by atoms with Crippen LogP contribution in [0.4, 0.5) is 0 Å². The van der Waals surface area contributed by atoms with Crippen molar-refractivity contribution in [2.75, 3.05) is 0 Å². The first kappa shape index (κ1) is 10.7. The molecule has 0 saturated carbocycles. The Morgan fingerprint density at radius 1 is 1.62 bits per heavy atom. The summed E-state index contributed by atoms with van der Waals surface area (Å²) in [6.45, 7) is 1.39. The number of halogens is 2. The summed E-state index contributed by atoms with van der Waals surface area (Å²) in [5, 5.41) is 10.0. The quantitative estimate of drug-likeness (QED) is 0.833. The standard InChI is InChI=1S/C9H8BrClO2/c1-9(13,5-12)8-6(10)3-2-4-7(8)11/h2-5,13H,1H3. The molecule has 0 fully saturated rings. The molecule has 0 aliphatic rings. The van der Waals surface area contributed by atoms with Gasteiger partial charge >= 0.3 is 0 Å². The minimum atomic E-state index is -1.54. The normalized spacial score (nSPS) is 15.1. The second-order valence-electron chi connectivity index (χ2n) is 2.86. The fraction of sp³-hybridized carbons (Fsp3) is 0.222. The lowest BCUT2D eigenvalue weighted by Crippen LogP contribution is -2.23. The zero-order valence-corrected chi connectivity index (χ0v) is 9.26. The lowest BCUT2D eigenvalue weighted by Gasteiger charge is -2.19. The van der Waals surface area contributed by atoms with E-state index in [9.17, 15) is 9.90 Å². The molecule has 13 heavy (non-hydrogen) atoms. The highest BCUT2D eigenvalue weighted by atomic mass is 79.9. The number of carbonyl (C=O) groups excluding carboxylic acids is 1. The molecule has 0 spiro atoms. The molecule has 0 amide bonds. The molecule has 1 unspecified atom stereocenters. The molecule has 2 nitrogen and oxygen atoms in total. The molecule has 70 valence electrons. The summed E-state index contributed by atoms with van der Waals surface area (Å²) in [6.07, 6.45) is 0.457. The van der Waals surface area contributed by atoms with Crippen LogP contribution in [-0.4, -0.2) is 11.4 Å². The number of rotatable bonds is 2. The highest BCUT2D eigenvalue weighted by molar-refractivity contribution is 9.10. The van der Waals surface area contributed by atoms with Crippen molar-refractivity contribution in [1.29, 1.82) is 0 Å². The number of hydrogen-bond donors (Lipinski definition) is 1. The average molecular weight is 264 g/mol. The molecule has 0 saturated heterocycles. The molecular weight excluding hydrogens is 255 g/mol. The van der Waals surface area contributed by atoms with Crippen molar-refractivity contribution in [1.82, 2.24) is 0 Å². The van der Waals surface area contributed by atoms with Gasteiger partial charge in [-0.25, -0.2) is 0 Å². The molecule has 4 heteroatoms. The van der Waals surface area contributed by atoms with E-state index in [0.29, 0.717) is 21.3 Å². The van der Waals surface area contributed by atoms with Crippen LogP contribution in [0, 0.1) is 0 Å². The fourth-order valence-electron chi connectivity index (χ4n) is 1.04. The van der Waals surface area contributed by atoms with Gasteiger partial charge in [0.25, 0.3) is 0 Å². The van der Waals surface area contributed by atoms with Gasteiger partial charge in [0.1, 0.15) is 5.60 Å². The topological polar surface area (TPSA) is 37.3 Å². The lowest BCUT2D eigenvalue weighted by atomic mass is 9.98. The third-order valence-electron chi connectivity index (χ3n) is 1.70. The van der Waals surface area contributed by atoms with Gasteiger partial charge in [0, 0.05) is 15.1 Å². The van der Waals surface area contributed by atoms with E-state index < -0.39 is 5.60 Å². The van der Waals surface area contributed by atoms with E-state index in [1.807, 2.05) is 0 Å². The first-order chi connectivity index (χ1) is 5.99. The maximum Gasteiger partial charge on any atom is 0.155 e. The van der Waals surface area contributed by atoms with E-state index in [1.54, 1.807) is 18.2 Å². The van der Waals surface area contributed by atoms with Crippen LogP contribution in [0.15, 0.2) is 22.7 Å². The molecule has 0 aliphatic heterocycles. The highest BCUT2D eigenvalue weighted by Crippen LogP contribution is 2.32. The van der Waals surface area contributed by atoms with E-state index in [-0.39, 0.29) is 0 Å². The molecule has 0 aromatic heterocycles. The van der Waals surface area contributed by atoms with Crippen LogP contribution in [0.5, 0.6) is 0 Å². The SMILES string of the molecule is CC(O)(C=O)c1c(Cl)cccc1Br. The van der Waals surface area contributed by atoms with E-state index >= 15 is 0 Å². The van der Waals surface area contributed by atoms with Gasteiger partial charge in [0.2, 0.25) is 0 Å². The van der Waals surface area contributed by atoms with Gasteiger partial charge in [-0.1, -0.05) is 33.6 Å². The number of aldehydes is 1. The average Bonchev–Trinajstić information content (AvgIpc) is 2.03. The largest absolute Gasteiger partial charge is 0.378 e. The van der Waals surface area contributed by atoms with Crippen LogP contribution in [0.2, 0.25) is 5.02 Å². The molecule has 1 atom stereocenters. The maximum absolute atomic E-state index is 10.6. The van der Waals surface area contributed by atoms with E-state index in [1.165, 1.54) is 6.92 Å². The molecule has 0 bridgehead atoms. The Labute approximate surface area is 89.7 Å². The molecular formula is C9H8BrClO2. The minimum absolute atomic E-state index is 0.367. The van der Waals surface area contributed by atoms with Crippen molar-refractivity contribution in [2.24, 2.45) is 0 Å². The van der Waals surface area contributed by atoms with Gasteiger partial charge in [-0.05, 0) is 19.1 Å². The summed E-state index contributed by atoms with van der Waals surface area (Å²) in [7, 11) is 0. The smallest absolute Gasteiger partial charge is 0.155 e. The number of aliphatic hydroxyl groups is 1. The Kier molecular flexibility index (Phi) is 3.11. The Balaban J connectivity index is 3.36. The molecule has 0 aliphatic carbocycles. The summed E-state index contributed by atoms with van der Waals surface area (Å²) < 4.78 is 0.622. The zero-order valence-electron chi connectivity index (χ0n) is 6.92. The Bertz CT molecular complexity index is 316. The maximum atomic E-state index is 10.6. The van der Waals surface area contributed by atoms with Gasteiger partial charge in [0.15, 0.2) is 6.29 Å². The summed E-state index contributed by atoms with van der Waals surface area (Å²) >= 11 is 9.06. The lowest BCUT2D eigenvalue weighted by molar-refractivity contribution is -0.123.